The van der Waals surface area contributed by atoms with E-state index in [2.05, 4.69) is 5.32 Å². The maximum atomic E-state index is 10.5. The maximum absolute atomic E-state index is 10.5. The zero-order chi connectivity index (χ0) is 12.8. The number of nitrogens with one attached hydrogen (secondary N) is 1. The molecule has 0 saturated carbocycles. The standard InChI is InChI=1S/C13H18ClNO2/c1-9(6-7-13(16)17)15-10(2)11-4-3-5-12(14)8-11/h3-5,8-10,15H,6-7H2,1-2H3,(H,16,17)/t9?,10-/m0/s1. The second-order valence-corrected chi connectivity index (χ2v) is 4.71. The molecule has 0 spiro atoms. The average molecular weight is 256 g/mol. The van der Waals surface area contributed by atoms with Crippen LogP contribution < -0.4 is 5.32 Å². The van der Waals surface area contributed by atoms with Gasteiger partial charge in [0.2, 0.25) is 0 Å². The Kier molecular flexibility index (Phi) is 5.45. The predicted molar refractivity (Wildman–Crippen MR) is 69.3 cm³/mol. The Hall–Kier alpha value is -1.06. The molecule has 0 amide bonds. The van der Waals surface area contributed by atoms with Gasteiger partial charge >= 0.3 is 5.97 Å². The molecule has 0 bridgehead atoms. The van der Waals surface area contributed by atoms with Gasteiger partial charge in [-0.15, -0.1) is 0 Å². The number of halogens is 1. The number of carboxylic acid groups (broad SMARTS) is 1. The van der Waals surface area contributed by atoms with Crippen molar-refractivity contribution in [3.63, 3.8) is 0 Å². The van der Waals surface area contributed by atoms with Crippen LogP contribution in [0.2, 0.25) is 5.02 Å². The fourth-order valence-electron chi connectivity index (χ4n) is 1.72. The molecule has 0 fully saturated rings. The summed E-state index contributed by atoms with van der Waals surface area (Å²) in [6, 6.07) is 8.01. The quantitative estimate of drug-likeness (QED) is 0.820. The second kappa shape index (κ2) is 6.62. The van der Waals surface area contributed by atoms with Gasteiger partial charge in [0.05, 0.1) is 0 Å². The Morgan fingerprint density at radius 1 is 1.47 bits per heavy atom. The first-order valence-corrected chi connectivity index (χ1v) is 6.10. The molecule has 0 radical (unpaired) electrons. The largest absolute Gasteiger partial charge is 0.481 e. The van der Waals surface area contributed by atoms with Crippen molar-refractivity contribution in [2.45, 2.75) is 38.8 Å². The van der Waals surface area contributed by atoms with Crippen molar-refractivity contribution in [2.24, 2.45) is 0 Å². The van der Waals surface area contributed by atoms with Crippen LogP contribution in [0.3, 0.4) is 0 Å². The van der Waals surface area contributed by atoms with E-state index in [1.807, 2.05) is 38.1 Å². The summed E-state index contributed by atoms with van der Waals surface area (Å²) in [6.45, 7) is 4.03. The molecule has 1 aromatic carbocycles. The average Bonchev–Trinajstić information content (AvgIpc) is 2.26. The molecule has 3 nitrogen and oxygen atoms in total. The van der Waals surface area contributed by atoms with Crippen molar-refractivity contribution in [3.05, 3.63) is 34.9 Å². The summed E-state index contributed by atoms with van der Waals surface area (Å²) < 4.78 is 0. The summed E-state index contributed by atoms with van der Waals surface area (Å²) in [4.78, 5) is 10.5. The molecule has 0 saturated heterocycles. The molecule has 2 atom stereocenters. The van der Waals surface area contributed by atoms with E-state index in [4.69, 9.17) is 16.7 Å². The Labute approximate surface area is 107 Å². The molecule has 0 aliphatic rings. The van der Waals surface area contributed by atoms with E-state index >= 15 is 0 Å². The minimum atomic E-state index is -0.756. The summed E-state index contributed by atoms with van der Waals surface area (Å²) in [6.07, 6.45) is 0.816. The minimum absolute atomic E-state index is 0.164. The van der Waals surface area contributed by atoms with Gasteiger partial charge in [-0.3, -0.25) is 4.79 Å². The zero-order valence-electron chi connectivity index (χ0n) is 10.1. The van der Waals surface area contributed by atoms with Crippen LogP contribution in [0.1, 0.15) is 38.3 Å². The van der Waals surface area contributed by atoms with Crippen molar-refractivity contribution in [2.75, 3.05) is 0 Å². The van der Waals surface area contributed by atoms with Gasteiger partial charge in [-0.05, 0) is 38.0 Å². The summed E-state index contributed by atoms with van der Waals surface area (Å²) in [5.41, 5.74) is 1.11. The minimum Gasteiger partial charge on any atom is -0.481 e. The fraction of sp³-hybridized carbons (Fsp3) is 0.462. The van der Waals surface area contributed by atoms with Gasteiger partial charge in [-0.2, -0.15) is 0 Å². The first kappa shape index (κ1) is 14.0. The SMILES string of the molecule is CC(CCC(=O)O)N[C@@H](C)c1cccc(Cl)c1. The van der Waals surface area contributed by atoms with Crippen LogP contribution in [-0.2, 0) is 4.79 Å². The van der Waals surface area contributed by atoms with Crippen molar-refractivity contribution in [1.82, 2.24) is 5.32 Å². The highest BCUT2D eigenvalue weighted by Crippen LogP contribution is 2.18. The van der Waals surface area contributed by atoms with Gasteiger partial charge in [-0.25, -0.2) is 0 Å². The van der Waals surface area contributed by atoms with Crippen LogP contribution in [0.4, 0.5) is 0 Å². The third kappa shape index (κ3) is 5.20. The third-order valence-corrected chi connectivity index (χ3v) is 2.91. The number of hydrogen-bond donors (Lipinski definition) is 2. The predicted octanol–water partition coefficient (Wildman–Crippen LogP) is 3.24. The Balaban J connectivity index is 2.48. The van der Waals surface area contributed by atoms with Crippen molar-refractivity contribution in [1.29, 1.82) is 0 Å². The van der Waals surface area contributed by atoms with Crippen molar-refractivity contribution < 1.29 is 9.90 Å². The smallest absolute Gasteiger partial charge is 0.303 e. The van der Waals surface area contributed by atoms with Gasteiger partial charge in [0.1, 0.15) is 0 Å². The lowest BCUT2D eigenvalue weighted by Gasteiger charge is -2.20. The molecule has 0 heterocycles. The molecule has 1 rings (SSSR count). The van der Waals surface area contributed by atoms with Crippen molar-refractivity contribution in [3.8, 4) is 0 Å². The molecular weight excluding hydrogens is 238 g/mol. The van der Waals surface area contributed by atoms with E-state index in [9.17, 15) is 4.79 Å². The highest BCUT2D eigenvalue weighted by Gasteiger charge is 2.10. The van der Waals surface area contributed by atoms with Gasteiger partial charge < -0.3 is 10.4 Å². The lowest BCUT2D eigenvalue weighted by atomic mass is 10.1. The van der Waals surface area contributed by atoms with Gasteiger partial charge in [0.15, 0.2) is 0 Å². The summed E-state index contributed by atoms with van der Waals surface area (Å²) in [5.74, 6) is -0.756. The van der Waals surface area contributed by atoms with E-state index in [0.717, 1.165) is 5.56 Å². The number of hydrogen-bond acceptors (Lipinski definition) is 2. The van der Waals surface area contributed by atoms with Crippen LogP contribution in [-0.4, -0.2) is 17.1 Å². The highest BCUT2D eigenvalue weighted by atomic mass is 35.5. The lowest BCUT2D eigenvalue weighted by molar-refractivity contribution is -0.137. The van der Waals surface area contributed by atoms with Crippen molar-refractivity contribution >= 4 is 17.6 Å². The number of carbonyl (C=O) groups is 1. The van der Waals surface area contributed by atoms with Crippen LogP contribution in [0.25, 0.3) is 0 Å². The molecule has 94 valence electrons. The van der Waals surface area contributed by atoms with E-state index in [1.54, 1.807) is 0 Å². The van der Waals surface area contributed by atoms with E-state index < -0.39 is 5.97 Å². The molecule has 2 N–H and O–H groups in total. The first-order chi connectivity index (χ1) is 7.99. The molecule has 17 heavy (non-hydrogen) atoms. The van der Waals surface area contributed by atoms with Crippen LogP contribution in [0.5, 0.6) is 0 Å². The van der Waals surface area contributed by atoms with E-state index in [-0.39, 0.29) is 18.5 Å². The molecule has 1 aromatic rings. The monoisotopic (exact) mass is 255 g/mol. The second-order valence-electron chi connectivity index (χ2n) is 4.28. The Morgan fingerprint density at radius 2 is 2.18 bits per heavy atom. The fourth-order valence-corrected chi connectivity index (χ4v) is 1.92. The number of carboxylic acids is 1. The topological polar surface area (TPSA) is 49.3 Å². The van der Waals surface area contributed by atoms with Crippen LogP contribution >= 0.6 is 11.6 Å². The number of rotatable bonds is 6. The summed E-state index contributed by atoms with van der Waals surface area (Å²) in [7, 11) is 0. The zero-order valence-corrected chi connectivity index (χ0v) is 10.9. The van der Waals surface area contributed by atoms with E-state index in [1.165, 1.54) is 0 Å². The normalized spacial score (nSPS) is 14.3. The molecular formula is C13H18ClNO2. The highest BCUT2D eigenvalue weighted by molar-refractivity contribution is 6.30. The van der Waals surface area contributed by atoms with Crippen LogP contribution in [0.15, 0.2) is 24.3 Å². The van der Waals surface area contributed by atoms with Gasteiger partial charge in [0.25, 0.3) is 0 Å². The van der Waals surface area contributed by atoms with Gasteiger partial charge in [-0.1, -0.05) is 23.7 Å². The third-order valence-electron chi connectivity index (χ3n) is 2.67. The summed E-state index contributed by atoms with van der Waals surface area (Å²) >= 11 is 5.92. The molecule has 4 heteroatoms. The van der Waals surface area contributed by atoms with Crippen LogP contribution in [0, 0.1) is 0 Å². The summed E-state index contributed by atoms with van der Waals surface area (Å²) in [5, 5.41) is 12.7. The Morgan fingerprint density at radius 3 is 2.76 bits per heavy atom. The Bertz CT molecular complexity index is 381. The van der Waals surface area contributed by atoms with E-state index in [0.29, 0.717) is 11.4 Å². The maximum Gasteiger partial charge on any atom is 0.303 e. The molecule has 0 aromatic heterocycles. The van der Waals surface area contributed by atoms with Gasteiger partial charge in [0, 0.05) is 23.5 Å². The molecule has 0 aliphatic heterocycles. The lowest BCUT2D eigenvalue weighted by Crippen LogP contribution is -2.29. The number of benzene rings is 1. The molecule has 1 unspecified atom stereocenters. The number of aliphatic carboxylic acids is 1. The first-order valence-electron chi connectivity index (χ1n) is 5.72. The molecule has 0 aliphatic carbocycles.